The second-order valence-corrected chi connectivity index (χ2v) is 7.26. The fourth-order valence-electron chi connectivity index (χ4n) is 3.48. The lowest BCUT2D eigenvalue weighted by atomic mass is 9.85. The number of ether oxygens (including phenoxy) is 1. The number of likely N-dealkylation sites (N-methyl/N-ethyl adjacent to an activating group) is 1. The zero-order chi connectivity index (χ0) is 19.9. The van der Waals surface area contributed by atoms with Crippen LogP contribution in [-0.4, -0.2) is 37.3 Å². The molecule has 0 aromatic heterocycles. The van der Waals surface area contributed by atoms with E-state index in [1.807, 2.05) is 26.2 Å². The quantitative estimate of drug-likeness (QED) is 0.628. The van der Waals surface area contributed by atoms with Gasteiger partial charge in [0, 0.05) is 12.5 Å². The number of aromatic hydroxyl groups is 1. The van der Waals surface area contributed by atoms with Crippen molar-refractivity contribution in [2.24, 2.45) is 5.92 Å². The van der Waals surface area contributed by atoms with Crippen LogP contribution in [0.5, 0.6) is 11.5 Å². The average Bonchev–Trinajstić information content (AvgIpc) is 3.22. The number of hydrogen-bond donors (Lipinski definition) is 1. The largest absolute Gasteiger partial charge is 0.508 e. The third-order valence-corrected chi connectivity index (χ3v) is 4.95. The molecule has 1 aliphatic rings. The maximum absolute atomic E-state index is 9.69. The number of hydrogen-bond acceptors (Lipinski definition) is 3. The van der Waals surface area contributed by atoms with Crippen molar-refractivity contribution in [1.82, 2.24) is 4.90 Å². The van der Waals surface area contributed by atoms with E-state index in [2.05, 4.69) is 60.4 Å². The van der Waals surface area contributed by atoms with Crippen LogP contribution in [0.3, 0.4) is 0 Å². The van der Waals surface area contributed by atoms with Gasteiger partial charge in [0.25, 0.3) is 0 Å². The predicted octanol–water partition coefficient (Wildman–Crippen LogP) is 5.40. The number of allylic oxidation sites excluding steroid dienone is 6. The Balaban J connectivity index is 1.94. The Morgan fingerprint density at radius 2 is 1.54 bits per heavy atom. The summed E-state index contributed by atoms with van der Waals surface area (Å²) in [5.74, 6) is 1.43. The van der Waals surface area contributed by atoms with Crippen molar-refractivity contribution in [3.05, 3.63) is 84.0 Å². The van der Waals surface area contributed by atoms with Crippen molar-refractivity contribution in [2.45, 2.75) is 13.3 Å². The first-order valence-corrected chi connectivity index (χ1v) is 9.84. The zero-order valence-corrected chi connectivity index (χ0v) is 16.9. The molecule has 0 aliphatic heterocycles. The fraction of sp³-hybridized carbons (Fsp3) is 0.280. The van der Waals surface area contributed by atoms with Crippen LogP contribution < -0.4 is 4.74 Å². The molecule has 1 N–H and O–H groups in total. The molecule has 3 heteroatoms. The van der Waals surface area contributed by atoms with Crippen molar-refractivity contribution < 1.29 is 9.84 Å². The van der Waals surface area contributed by atoms with E-state index < -0.39 is 0 Å². The van der Waals surface area contributed by atoms with E-state index in [4.69, 9.17) is 4.74 Å². The molecule has 0 atom stereocenters. The van der Waals surface area contributed by atoms with Gasteiger partial charge in [0.05, 0.1) is 0 Å². The highest BCUT2D eigenvalue weighted by Gasteiger charge is 2.18. The van der Waals surface area contributed by atoms with E-state index in [0.29, 0.717) is 6.61 Å². The van der Waals surface area contributed by atoms with Gasteiger partial charge >= 0.3 is 0 Å². The first-order chi connectivity index (χ1) is 13.6. The molecule has 0 unspecified atom stereocenters. The Morgan fingerprint density at radius 3 is 2.11 bits per heavy atom. The summed E-state index contributed by atoms with van der Waals surface area (Å²) in [4.78, 5) is 2.11. The van der Waals surface area contributed by atoms with Crippen LogP contribution in [0.4, 0.5) is 0 Å². The summed E-state index contributed by atoms with van der Waals surface area (Å²) >= 11 is 0. The lowest BCUT2D eigenvalue weighted by Crippen LogP contribution is -2.19. The zero-order valence-electron chi connectivity index (χ0n) is 16.9. The average molecular weight is 376 g/mol. The van der Waals surface area contributed by atoms with Crippen LogP contribution in [0.1, 0.15) is 24.5 Å². The van der Waals surface area contributed by atoms with E-state index in [1.54, 1.807) is 12.1 Å². The van der Waals surface area contributed by atoms with Gasteiger partial charge in [0.1, 0.15) is 18.1 Å². The van der Waals surface area contributed by atoms with E-state index in [-0.39, 0.29) is 11.7 Å². The lowest BCUT2D eigenvalue weighted by molar-refractivity contribution is 0.261. The molecule has 2 aromatic carbocycles. The standard InChI is InChI=1S/C25H29NO2/c1-4-24(19-11-15-23(16-12-19)28-18-17-26(2)3)25(20-7-5-6-8-20)21-9-13-22(27)14-10-21/h5-16,20,27H,4,17-18H2,1-3H3. The molecule has 0 bridgehead atoms. The number of phenolic OH excluding ortho intramolecular Hbond substituents is 1. The highest BCUT2D eigenvalue weighted by atomic mass is 16.5. The smallest absolute Gasteiger partial charge is 0.119 e. The maximum Gasteiger partial charge on any atom is 0.119 e. The monoisotopic (exact) mass is 375 g/mol. The second kappa shape index (κ2) is 9.43. The van der Waals surface area contributed by atoms with Gasteiger partial charge in [-0.3, -0.25) is 0 Å². The topological polar surface area (TPSA) is 32.7 Å². The summed E-state index contributed by atoms with van der Waals surface area (Å²) in [5, 5.41) is 9.69. The highest BCUT2D eigenvalue weighted by Crippen LogP contribution is 2.38. The van der Waals surface area contributed by atoms with Crippen molar-refractivity contribution in [3.8, 4) is 11.5 Å². The van der Waals surface area contributed by atoms with Gasteiger partial charge in [0.2, 0.25) is 0 Å². The van der Waals surface area contributed by atoms with Crippen molar-refractivity contribution in [1.29, 1.82) is 0 Å². The molecular formula is C25H29NO2. The third-order valence-electron chi connectivity index (χ3n) is 4.95. The van der Waals surface area contributed by atoms with Crippen molar-refractivity contribution in [2.75, 3.05) is 27.2 Å². The minimum absolute atomic E-state index is 0.246. The molecule has 146 valence electrons. The normalized spacial score (nSPS) is 14.6. The minimum Gasteiger partial charge on any atom is -0.508 e. The van der Waals surface area contributed by atoms with Gasteiger partial charge < -0.3 is 14.7 Å². The molecule has 0 spiro atoms. The predicted molar refractivity (Wildman–Crippen MR) is 117 cm³/mol. The molecular weight excluding hydrogens is 346 g/mol. The molecule has 0 radical (unpaired) electrons. The molecule has 2 aromatic rings. The third kappa shape index (κ3) is 4.93. The summed E-state index contributed by atoms with van der Waals surface area (Å²) < 4.78 is 5.84. The Kier molecular flexibility index (Phi) is 6.72. The first kappa shape index (κ1) is 20.0. The molecule has 0 fully saturated rings. The molecule has 1 aliphatic carbocycles. The van der Waals surface area contributed by atoms with E-state index in [0.717, 1.165) is 24.3 Å². The highest BCUT2D eigenvalue weighted by molar-refractivity contribution is 5.93. The Hall–Kier alpha value is -2.78. The summed E-state index contributed by atoms with van der Waals surface area (Å²) in [7, 11) is 4.09. The molecule has 0 saturated carbocycles. The van der Waals surface area contributed by atoms with Gasteiger partial charge in [-0.05, 0) is 67.1 Å². The molecule has 0 saturated heterocycles. The molecule has 3 nitrogen and oxygen atoms in total. The molecule has 0 heterocycles. The van der Waals surface area contributed by atoms with Crippen LogP contribution in [0.15, 0.2) is 72.8 Å². The SMILES string of the molecule is CCC(=C(c1ccc(O)cc1)C1C=CC=C1)c1ccc(OCCN(C)C)cc1. The summed E-state index contributed by atoms with van der Waals surface area (Å²) in [6.45, 7) is 3.77. The summed E-state index contributed by atoms with van der Waals surface area (Å²) in [5.41, 5.74) is 4.95. The van der Waals surface area contributed by atoms with Crippen LogP contribution >= 0.6 is 0 Å². The van der Waals surface area contributed by atoms with Gasteiger partial charge in [0.15, 0.2) is 0 Å². The van der Waals surface area contributed by atoms with E-state index >= 15 is 0 Å². The summed E-state index contributed by atoms with van der Waals surface area (Å²) in [6.07, 6.45) is 9.56. The minimum atomic E-state index is 0.246. The Morgan fingerprint density at radius 1 is 0.929 bits per heavy atom. The summed E-state index contributed by atoms with van der Waals surface area (Å²) in [6, 6.07) is 15.9. The molecule has 0 amide bonds. The Labute approximate surface area is 168 Å². The van der Waals surface area contributed by atoms with Crippen LogP contribution in [0.25, 0.3) is 11.1 Å². The lowest BCUT2D eigenvalue weighted by Gasteiger charge is -2.20. The van der Waals surface area contributed by atoms with Crippen LogP contribution in [0.2, 0.25) is 0 Å². The van der Waals surface area contributed by atoms with E-state index in [9.17, 15) is 5.11 Å². The first-order valence-electron chi connectivity index (χ1n) is 9.84. The van der Waals surface area contributed by atoms with Gasteiger partial charge in [-0.1, -0.05) is 55.5 Å². The van der Waals surface area contributed by atoms with Gasteiger partial charge in [-0.15, -0.1) is 0 Å². The fourth-order valence-corrected chi connectivity index (χ4v) is 3.48. The van der Waals surface area contributed by atoms with Crippen LogP contribution in [-0.2, 0) is 0 Å². The van der Waals surface area contributed by atoms with E-state index in [1.165, 1.54) is 16.7 Å². The number of benzene rings is 2. The van der Waals surface area contributed by atoms with Gasteiger partial charge in [-0.25, -0.2) is 0 Å². The molecule has 28 heavy (non-hydrogen) atoms. The second-order valence-electron chi connectivity index (χ2n) is 7.26. The number of rotatable bonds is 8. The number of nitrogens with zero attached hydrogens (tertiary/aromatic N) is 1. The van der Waals surface area contributed by atoms with Gasteiger partial charge in [-0.2, -0.15) is 0 Å². The number of phenols is 1. The van der Waals surface area contributed by atoms with Crippen LogP contribution in [0, 0.1) is 5.92 Å². The molecule has 3 rings (SSSR count). The van der Waals surface area contributed by atoms with Crippen molar-refractivity contribution >= 4 is 11.1 Å². The Bertz CT molecular complexity index is 846. The van der Waals surface area contributed by atoms with Crippen molar-refractivity contribution in [3.63, 3.8) is 0 Å². The maximum atomic E-state index is 9.69.